The van der Waals surface area contributed by atoms with Crippen LogP contribution >= 0.6 is 0 Å². The molecule has 0 radical (unpaired) electrons. The van der Waals surface area contributed by atoms with E-state index in [1.54, 1.807) is 24.4 Å². The highest BCUT2D eigenvalue weighted by atomic mass is 16.1. The average molecular weight is 318 g/mol. The monoisotopic (exact) mass is 318 g/mol. The summed E-state index contributed by atoms with van der Waals surface area (Å²) in [4.78, 5) is 21.2. The van der Waals surface area contributed by atoms with Crippen LogP contribution in [0.5, 0.6) is 0 Å². The molecule has 1 N–H and O–H groups in total. The number of aromatic nitrogens is 3. The molecule has 5 heteroatoms. The predicted molar refractivity (Wildman–Crippen MR) is 92.8 cm³/mol. The molecule has 0 spiro atoms. The van der Waals surface area contributed by atoms with E-state index in [9.17, 15) is 4.79 Å². The van der Waals surface area contributed by atoms with Gasteiger partial charge in [-0.2, -0.15) is 0 Å². The Morgan fingerprint density at radius 1 is 1.08 bits per heavy atom. The lowest BCUT2D eigenvalue weighted by Gasteiger charge is -2.11. The number of amides is 1. The molecule has 120 valence electrons. The van der Waals surface area contributed by atoms with Crippen LogP contribution in [-0.4, -0.2) is 20.4 Å². The molecule has 0 bridgehead atoms. The van der Waals surface area contributed by atoms with Crippen LogP contribution in [0, 0.1) is 0 Å². The van der Waals surface area contributed by atoms with E-state index in [2.05, 4.69) is 21.1 Å². The molecule has 1 amide bonds. The molecule has 1 aromatic carbocycles. The van der Waals surface area contributed by atoms with Crippen molar-refractivity contribution >= 4 is 11.6 Å². The average Bonchev–Trinajstić information content (AvgIpc) is 3.07. The van der Waals surface area contributed by atoms with Crippen LogP contribution in [-0.2, 0) is 13.0 Å². The van der Waals surface area contributed by atoms with Gasteiger partial charge in [0.25, 0.3) is 5.91 Å². The van der Waals surface area contributed by atoms with E-state index in [1.165, 1.54) is 12.8 Å². The third-order valence-electron chi connectivity index (χ3n) is 4.26. The zero-order chi connectivity index (χ0) is 16.4. The zero-order valence-corrected chi connectivity index (χ0v) is 13.3. The van der Waals surface area contributed by atoms with Crippen LogP contribution in [0.2, 0.25) is 0 Å². The summed E-state index contributed by atoms with van der Waals surface area (Å²) in [6, 6.07) is 13.1. The van der Waals surface area contributed by atoms with Crippen LogP contribution in [0.3, 0.4) is 0 Å². The summed E-state index contributed by atoms with van der Waals surface area (Å²) in [5.41, 5.74) is 2.99. The van der Waals surface area contributed by atoms with Gasteiger partial charge in [-0.15, -0.1) is 0 Å². The van der Waals surface area contributed by atoms with Crippen molar-refractivity contribution in [3.8, 4) is 11.3 Å². The summed E-state index contributed by atoms with van der Waals surface area (Å²) >= 11 is 0. The first-order valence-corrected chi connectivity index (χ1v) is 8.19. The van der Waals surface area contributed by atoms with Crippen LogP contribution in [0.15, 0.2) is 54.9 Å². The van der Waals surface area contributed by atoms with Gasteiger partial charge in [0.1, 0.15) is 11.5 Å². The van der Waals surface area contributed by atoms with Crippen LogP contribution in [0.4, 0.5) is 5.69 Å². The van der Waals surface area contributed by atoms with Gasteiger partial charge in [0.15, 0.2) is 0 Å². The second kappa shape index (κ2) is 6.28. The Bertz CT molecular complexity index is 847. The van der Waals surface area contributed by atoms with Gasteiger partial charge < -0.3 is 9.88 Å². The normalized spacial score (nSPS) is 13.3. The number of hydrogen-bond donors (Lipinski definition) is 1. The lowest BCUT2D eigenvalue weighted by molar-refractivity contribution is 0.102. The maximum atomic E-state index is 12.4. The fraction of sp³-hybridized carbons (Fsp3) is 0.211. The first-order chi connectivity index (χ1) is 11.8. The number of hydrogen-bond acceptors (Lipinski definition) is 3. The highest BCUT2D eigenvalue weighted by Crippen LogP contribution is 2.29. The smallest absolute Gasteiger partial charge is 0.274 e. The Morgan fingerprint density at radius 2 is 1.96 bits per heavy atom. The minimum absolute atomic E-state index is 0.216. The number of carbonyl (C=O) groups is 1. The Kier molecular flexibility index (Phi) is 3.83. The summed E-state index contributed by atoms with van der Waals surface area (Å²) in [5.74, 6) is 0.911. The first kappa shape index (κ1) is 14.6. The quantitative estimate of drug-likeness (QED) is 0.803. The van der Waals surface area contributed by atoms with Gasteiger partial charge in [0.05, 0.1) is 11.4 Å². The summed E-state index contributed by atoms with van der Waals surface area (Å²) in [5, 5.41) is 2.95. The number of anilines is 1. The summed E-state index contributed by atoms with van der Waals surface area (Å²) in [7, 11) is 0. The van der Waals surface area contributed by atoms with Gasteiger partial charge in [-0.3, -0.25) is 9.78 Å². The molecule has 5 nitrogen and oxygen atoms in total. The predicted octanol–water partition coefficient (Wildman–Crippen LogP) is 3.53. The van der Waals surface area contributed by atoms with E-state index in [1.807, 2.05) is 24.3 Å². The number of rotatable bonds is 3. The molecule has 4 rings (SSSR count). The number of pyridine rings is 1. The highest BCUT2D eigenvalue weighted by Gasteiger charge is 2.16. The molecule has 1 aliphatic heterocycles. The molecule has 0 unspecified atom stereocenters. The molecule has 0 atom stereocenters. The van der Waals surface area contributed by atoms with Crippen molar-refractivity contribution in [2.45, 2.75) is 25.8 Å². The Hall–Kier alpha value is -2.95. The minimum Gasteiger partial charge on any atom is -0.334 e. The van der Waals surface area contributed by atoms with Crippen molar-refractivity contribution in [3.63, 3.8) is 0 Å². The number of nitrogens with one attached hydrogen (secondary N) is 1. The molecule has 0 aliphatic carbocycles. The van der Waals surface area contributed by atoms with Gasteiger partial charge in [-0.1, -0.05) is 24.3 Å². The molecule has 24 heavy (non-hydrogen) atoms. The van der Waals surface area contributed by atoms with Crippen LogP contribution in [0.25, 0.3) is 11.3 Å². The number of para-hydroxylation sites is 1. The second-order valence-electron chi connectivity index (χ2n) is 5.91. The topological polar surface area (TPSA) is 59.8 Å². The standard InChI is InChI=1S/C19H18N4O/c24-19(16-9-3-5-11-20-16)22-15-8-2-1-7-14(15)17-13-23-12-6-4-10-18(23)21-17/h1-3,5,7-9,11,13H,4,6,10,12H2,(H,22,24). The van der Waals surface area contributed by atoms with Crippen molar-refractivity contribution in [2.75, 3.05) is 5.32 Å². The van der Waals surface area contributed by atoms with Crippen molar-refractivity contribution < 1.29 is 4.79 Å². The number of imidazole rings is 1. The van der Waals surface area contributed by atoms with E-state index in [4.69, 9.17) is 4.98 Å². The Labute approximate surface area is 140 Å². The van der Waals surface area contributed by atoms with Gasteiger partial charge in [-0.05, 0) is 31.0 Å². The SMILES string of the molecule is O=C(Nc1ccccc1-c1cn2c(n1)CCCC2)c1ccccn1. The third-order valence-corrected chi connectivity index (χ3v) is 4.26. The molecule has 0 fully saturated rings. The fourth-order valence-electron chi connectivity index (χ4n) is 3.04. The first-order valence-electron chi connectivity index (χ1n) is 8.19. The molecular weight excluding hydrogens is 300 g/mol. The summed E-state index contributed by atoms with van der Waals surface area (Å²) in [6.45, 7) is 1.02. The van der Waals surface area contributed by atoms with Crippen molar-refractivity contribution in [3.05, 3.63) is 66.4 Å². The third kappa shape index (κ3) is 2.80. The minimum atomic E-state index is -0.216. The van der Waals surface area contributed by atoms with Gasteiger partial charge >= 0.3 is 0 Å². The van der Waals surface area contributed by atoms with Crippen molar-refractivity contribution in [1.82, 2.24) is 14.5 Å². The molecule has 3 heterocycles. The van der Waals surface area contributed by atoms with Crippen LogP contribution < -0.4 is 5.32 Å². The number of fused-ring (bicyclic) bond motifs is 1. The van der Waals surface area contributed by atoms with Gasteiger partial charge in [0, 0.05) is 30.9 Å². The van der Waals surface area contributed by atoms with Crippen molar-refractivity contribution in [2.24, 2.45) is 0 Å². The lowest BCUT2D eigenvalue weighted by atomic mass is 10.1. The van der Waals surface area contributed by atoms with Gasteiger partial charge in [0.2, 0.25) is 0 Å². The zero-order valence-electron chi connectivity index (χ0n) is 13.3. The second-order valence-corrected chi connectivity index (χ2v) is 5.91. The van der Waals surface area contributed by atoms with E-state index in [-0.39, 0.29) is 5.91 Å². The fourth-order valence-corrected chi connectivity index (χ4v) is 3.04. The largest absolute Gasteiger partial charge is 0.334 e. The van der Waals surface area contributed by atoms with E-state index in [0.29, 0.717) is 5.69 Å². The van der Waals surface area contributed by atoms with E-state index in [0.717, 1.165) is 35.7 Å². The number of nitrogens with zero attached hydrogens (tertiary/aromatic N) is 3. The highest BCUT2D eigenvalue weighted by molar-refractivity contribution is 6.04. The molecular formula is C19H18N4O. The summed E-state index contributed by atoms with van der Waals surface area (Å²) in [6.07, 6.45) is 7.10. The molecule has 1 aliphatic rings. The Morgan fingerprint density at radius 3 is 2.79 bits per heavy atom. The molecule has 0 saturated heterocycles. The van der Waals surface area contributed by atoms with Gasteiger partial charge in [-0.25, -0.2) is 4.98 Å². The van der Waals surface area contributed by atoms with Crippen LogP contribution in [0.1, 0.15) is 29.2 Å². The maximum absolute atomic E-state index is 12.4. The molecule has 0 saturated carbocycles. The molecule has 2 aromatic heterocycles. The summed E-state index contributed by atoms with van der Waals surface area (Å²) < 4.78 is 2.22. The van der Waals surface area contributed by atoms with Crippen molar-refractivity contribution in [1.29, 1.82) is 0 Å². The van der Waals surface area contributed by atoms with E-state index >= 15 is 0 Å². The maximum Gasteiger partial charge on any atom is 0.274 e. The number of benzene rings is 1. The Balaban J connectivity index is 1.66. The molecule has 3 aromatic rings. The number of aryl methyl sites for hydroxylation is 2. The van der Waals surface area contributed by atoms with E-state index < -0.39 is 0 Å². The number of carbonyl (C=O) groups excluding carboxylic acids is 1. The lowest BCUT2D eigenvalue weighted by Crippen LogP contribution is -2.14.